The van der Waals surface area contributed by atoms with Gasteiger partial charge in [-0.25, -0.2) is 9.97 Å². The molecule has 0 unspecified atom stereocenters. The summed E-state index contributed by atoms with van der Waals surface area (Å²) in [6.07, 6.45) is 8.67. The van der Waals surface area contributed by atoms with Crippen LogP contribution in [0.5, 0.6) is 0 Å². The first-order valence-corrected chi connectivity index (χ1v) is 10.1. The van der Waals surface area contributed by atoms with Crippen LogP contribution in [0.1, 0.15) is 29.8 Å². The summed E-state index contributed by atoms with van der Waals surface area (Å²) in [6.45, 7) is 10.3. The Bertz CT molecular complexity index is 963. The van der Waals surface area contributed by atoms with Gasteiger partial charge in [0.05, 0.1) is 28.6 Å². The number of rotatable bonds is 4. The molecule has 4 rings (SSSR count). The van der Waals surface area contributed by atoms with Crippen molar-refractivity contribution in [1.82, 2.24) is 15.0 Å². The third-order valence-electron chi connectivity index (χ3n) is 4.46. The molecule has 0 radical (unpaired) electrons. The van der Waals surface area contributed by atoms with Crippen LogP contribution in [0, 0.1) is 6.92 Å². The molecule has 0 spiro atoms. The third-order valence-corrected chi connectivity index (χ3v) is 5.69. The van der Waals surface area contributed by atoms with E-state index in [9.17, 15) is 0 Å². The summed E-state index contributed by atoms with van der Waals surface area (Å²) in [4.78, 5) is 14.9. The van der Waals surface area contributed by atoms with Gasteiger partial charge in [-0.2, -0.15) is 0 Å². The van der Waals surface area contributed by atoms with Crippen molar-refractivity contribution in [1.29, 1.82) is 0 Å². The molecule has 144 valence electrons. The number of pyridine rings is 2. The Balaban J connectivity index is 0.000000403. The van der Waals surface area contributed by atoms with Crippen molar-refractivity contribution >= 4 is 16.9 Å². The molecule has 0 atom stereocenters. The fourth-order valence-electron chi connectivity index (χ4n) is 3.10. The van der Waals surface area contributed by atoms with E-state index in [1.165, 1.54) is 12.0 Å². The first-order chi connectivity index (χ1) is 13.6. The van der Waals surface area contributed by atoms with Crippen LogP contribution >= 0.6 is 11.3 Å². The number of aryl methyl sites for hydroxylation is 2. The number of thiazole rings is 1. The van der Waals surface area contributed by atoms with E-state index in [-0.39, 0.29) is 0 Å². The topological polar surface area (TPSA) is 47.9 Å². The molecule has 0 aliphatic heterocycles. The van der Waals surface area contributed by atoms with Gasteiger partial charge in [0, 0.05) is 25.1 Å². The lowest BCUT2D eigenvalue weighted by Gasteiger charge is -2.17. The SMILES string of the molecule is C=C1CCCc2ccc(-c3sc(-c4cccnc4)nc3C)nc21.C=CCOC. The number of methoxy groups -OCH3 is 1. The van der Waals surface area contributed by atoms with Gasteiger partial charge in [0.25, 0.3) is 0 Å². The lowest BCUT2D eigenvalue weighted by Crippen LogP contribution is -2.04. The molecule has 0 bridgehead atoms. The minimum atomic E-state index is 0.653. The molecule has 3 heterocycles. The van der Waals surface area contributed by atoms with Crippen LogP contribution in [0.15, 0.2) is 55.9 Å². The number of hydrogen-bond acceptors (Lipinski definition) is 5. The van der Waals surface area contributed by atoms with Gasteiger partial charge in [-0.3, -0.25) is 4.98 Å². The van der Waals surface area contributed by atoms with Gasteiger partial charge < -0.3 is 4.74 Å². The third kappa shape index (κ3) is 4.61. The number of fused-ring (bicyclic) bond motifs is 1. The maximum absolute atomic E-state index is 4.89. The van der Waals surface area contributed by atoms with Crippen molar-refractivity contribution in [3.63, 3.8) is 0 Å². The summed E-state index contributed by atoms with van der Waals surface area (Å²) in [5, 5.41) is 0.990. The molecule has 0 aromatic carbocycles. The summed E-state index contributed by atoms with van der Waals surface area (Å²) < 4.78 is 4.57. The molecule has 5 heteroatoms. The lowest BCUT2D eigenvalue weighted by molar-refractivity contribution is 0.234. The number of aromatic nitrogens is 3. The molecule has 3 aromatic heterocycles. The molecule has 0 amide bonds. The van der Waals surface area contributed by atoms with Crippen LogP contribution < -0.4 is 0 Å². The van der Waals surface area contributed by atoms with E-state index >= 15 is 0 Å². The molecule has 4 nitrogen and oxygen atoms in total. The van der Waals surface area contributed by atoms with Gasteiger partial charge in [0.2, 0.25) is 0 Å². The van der Waals surface area contributed by atoms with Crippen LogP contribution in [-0.2, 0) is 11.2 Å². The van der Waals surface area contributed by atoms with E-state index in [2.05, 4.69) is 35.0 Å². The maximum Gasteiger partial charge on any atom is 0.125 e. The molecule has 1 aliphatic rings. The van der Waals surface area contributed by atoms with Gasteiger partial charge in [-0.1, -0.05) is 18.7 Å². The second-order valence-corrected chi connectivity index (χ2v) is 7.58. The Morgan fingerprint density at radius 3 is 2.75 bits per heavy atom. The first-order valence-electron chi connectivity index (χ1n) is 9.30. The summed E-state index contributed by atoms with van der Waals surface area (Å²) in [5.74, 6) is 0. The molecule has 0 N–H and O–H groups in total. The maximum atomic E-state index is 4.89. The highest BCUT2D eigenvalue weighted by Gasteiger charge is 2.18. The zero-order valence-electron chi connectivity index (χ0n) is 16.4. The minimum absolute atomic E-state index is 0.653. The molecule has 0 saturated carbocycles. The van der Waals surface area contributed by atoms with Gasteiger partial charge in [-0.05, 0) is 55.5 Å². The van der Waals surface area contributed by atoms with E-state index in [0.29, 0.717) is 6.61 Å². The normalized spacial score (nSPS) is 12.7. The highest BCUT2D eigenvalue weighted by Crippen LogP contribution is 2.36. The van der Waals surface area contributed by atoms with Crippen LogP contribution in [0.3, 0.4) is 0 Å². The molecular formula is C23H25N3OS. The smallest absolute Gasteiger partial charge is 0.125 e. The van der Waals surface area contributed by atoms with Crippen molar-refractivity contribution < 1.29 is 4.74 Å². The Morgan fingerprint density at radius 2 is 2.07 bits per heavy atom. The quantitative estimate of drug-likeness (QED) is 0.532. The van der Waals surface area contributed by atoms with Gasteiger partial charge >= 0.3 is 0 Å². The fraction of sp³-hybridized carbons (Fsp3) is 0.261. The molecule has 28 heavy (non-hydrogen) atoms. The van der Waals surface area contributed by atoms with Crippen molar-refractivity contribution in [2.24, 2.45) is 0 Å². The summed E-state index contributed by atoms with van der Waals surface area (Å²) in [7, 11) is 1.64. The Hall–Kier alpha value is -2.63. The number of ether oxygens (including phenoxy) is 1. The highest BCUT2D eigenvalue weighted by molar-refractivity contribution is 7.18. The van der Waals surface area contributed by atoms with Crippen LogP contribution in [0.2, 0.25) is 0 Å². The standard InChI is InChI=1S/C19H17N3S.C4H8O/c1-12-5-3-6-14-8-9-16(22-17(12)14)18-13(2)21-19(23-18)15-7-4-10-20-11-15;1-3-4-5-2/h4,7-11H,1,3,5-6H2,2H3;3H,1,4H2,2H3. The van der Waals surface area contributed by atoms with Crippen molar-refractivity contribution in [2.75, 3.05) is 13.7 Å². The minimum Gasteiger partial charge on any atom is -0.381 e. The predicted molar refractivity (Wildman–Crippen MR) is 117 cm³/mol. The number of hydrogen-bond donors (Lipinski definition) is 0. The summed E-state index contributed by atoms with van der Waals surface area (Å²) in [5.41, 5.74) is 6.63. The molecule has 0 fully saturated rings. The monoisotopic (exact) mass is 391 g/mol. The molecule has 0 saturated heterocycles. The van der Waals surface area contributed by atoms with Gasteiger partial charge in [0.1, 0.15) is 5.01 Å². The van der Waals surface area contributed by atoms with Crippen molar-refractivity contribution in [3.05, 3.63) is 72.8 Å². The van der Waals surface area contributed by atoms with Gasteiger partial charge in [-0.15, -0.1) is 17.9 Å². The second kappa shape index (κ2) is 9.53. The van der Waals surface area contributed by atoms with E-state index in [1.807, 2.05) is 25.3 Å². The van der Waals surface area contributed by atoms with Crippen LogP contribution in [-0.4, -0.2) is 28.7 Å². The predicted octanol–water partition coefficient (Wildman–Crippen LogP) is 5.74. The summed E-state index contributed by atoms with van der Waals surface area (Å²) in [6, 6.07) is 8.29. The Morgan fingerprint density at radius 1 is 1.21 bits per heavy atom. The van der Waals surface area contributed by atoms with Crippen molar-refractivity contribution in [3.8, 4) is 21.1 Å². The number of nitrogens with zero attached hydrogens (tertiary/aromatic N) is 3. The molecule has 1 aliphatic carbocycles. The van der Waals surface area contributed by atoms with E-state index in [4.69, 9.17) is 9.97 Å². The van der Waals surface area contributed by atoms with Gasteiger partial charge in [0.15, 0.2) is 0 Å². The fourth-order valence-corrected chi connectivity index (χ4v) is 4.12. The Labute approximate surface area is 170 Å². The lowest BCUT2D eigenvalue weighted by atomic mass is 9.92. The first kappa shape index (κ1) is 20.1. The zero-order valence-corrected chi connectivity index (χ0v) is 17.3. The van der Waals surface area contributed by atoms with Crippen LogP contribution in [0.4, 0.5) is 0 Å². The van der Waals surface area contributed by atoms with Crippen molar-refractivity contribution in [2.45, 2.75) is 26.2 Å². The van der Waals surface area contributed by atoms with E-state index < -0.39 is 0 Å². The van der Waals surface area contributed by atoms with Crippen LogP contribution in [0.25, 0.3) is 26.7 Å². The average molecular weight is 392 g/mol. The highest BCUT2D eigenvalue weighted by atomic mass is 32.1. The molecular weight excluding hydrogens is 366 g/mol. The molecule has 3 aromatic rings. The largest absolute Gasteiger partial charge is 0.381 e. The van der Waals surface area contributed by atoms with E-state index in [1.54, 1.807) is 30.7 Å². The average Bonchev–Trinajstić information content (AvgIpc) is 3.12. The zero-order chi connectivity index (χ0) is 19.9. The number of allylic oxidation sites excluding steroid dienone is 1. The van der Waals surface area contributed by atoms with E-state index in [0.717, 1.165) is 50.9 Å². The second-order valence-electron chi connectivity index (χ2n) is 6.58. The summed E-state index contributed by atoms with van der Waals surface area (Å²) >= 11 is 1.67. The Kier molecular flexibility index (Phi) is 6.85.